The van der Waals surface area contributed by atoms with E-state index in [1.54, 1.807) is 0 Å². The van der Waals surface area contributed by atoms with Crippen molar-refractivity contribution in [3.8, 4) is 22.3 Å². The highest BCUT2D eigenvalue weighted by molar-refractivity contribution is 6.17. The highest BCUT2D eigenvalue weighted by Crippen LogP contribution is 2.33. The molecule has 0 aliphatic heterocycles. The quantitative estimate of drug-likeness (QED) is 0.142. The van der Waals surface area contributed by atoms with Crippen molar-refractivity contribution in [2.45, 2.75) is 6.54 Å². The highest BCUT2D eigenvalue weighted by Gasteiger charge is 2.17. The van der Waals surface area contributed by atoms with Crippen molar-refractivity contribution in [3.63, 3.8) is 0 Å². The van der Waals surface area contributed by atoms with Crippen molar-refractivity contribution >= 4 is 55.3 Å². The van der Waals surface area contributed by atoms with Crippen LogP contribution in [0.3, 0.4) is 0 Å². The number of rotatable bonds is 6. The predicted octanol–water partition coefficient (Wildman–Crippen LogP) is 11.1. The van der Waals surface area contributed by atoms with E-state index in [1.807, 2.05) is 6.08 Å². The van der Waals surface area contributed by atoms with Crippen molar-refractivity contribution in [3.05, 3.63) is 188 Å². The molecule has 238 valence electrons. The Kier molecular flexibility index (Phi) is 7.33. The van der Waals surface area contributed by atoms with Crippen LogP contribution in [0.2, 0.25) is 0 Å². The normalized spacial score (nSPS) is 12.4. The molecule has 0 spiro atoms. The standard InChI is InChI=1S/C46H34N4/c47-45(49-41-23-11-7-19-37(41)38-20-8-12-24-42(38)49)30-46(50-43-25-13-9-21-39(43)40-22-10-14-26-44(40)50)48-31-32-27-35(33-15-3-1-4-16-33)29-36(28-32)34-17-5-2-6-18-34/h1-30H,31,47H2/b45-30+,48-46?. The predicted molar refractivity (Wildman–Crippen MR) is 211 cm³/mol. The van der Waals surface area contributed by atoms with Crippen LogP contribution in [0.1, 0.15) is 5.56 Å². The number of benzene rings is 7. The lowest BCUT2D eigenvalue weighted by Crippen LogP contribution is -2.15. The summed E-state index contributed by atoms with van der Waals surface area (Å²) in [4.78, 5) is 5.43. The first kappa shape index (κ1) is 29.5. The summed E-state index contributed by atoms with van der Waals surface area (Å²) in [5.74, 6) is 1.37. The SMILES string of the molecule is N/C(=C\C(=NCc1cc(-c2ccccc2)cc(-c2ccccc2)c1)n1c2ccccc2c2ccccc21)n1c2ccccc2c2ccccc21. The van der Waals surface area contributed by atoms with Gasteiger partial charge < -0.3 is 5.73 Å². The van der Waals surface area contributed by atoms with Gasteiger partial charge in [0.05, 0.1) is 28.6 Å². The molecule has 0 unspecified atom stereocenters. The van der Waals surface area contributed by atoms with Crippen LogP contribution in [-0.2, 0) is 6.54 Å². The molecule has 0 atom stereocenters. The zero-order valence-corrected chi connectivity index (χ0v) is 27.4. The van der Waals surface area contributed by atoms with Crippen LogP contribution in [0.25, 0.3) is 71.7 Å². The van der Waals surface area contributed by atoms with Gasteiger partial charge in [0.25, 0.3) is 0 Å². The fraction of sp³-hybridized carbons (Fsp3) is 0.0217. The maximum absolute atomic E-state index is 7.17. The molecule has 2 heterocycles. The van der Waals surface area contributed by atoms with E-state index in [9.17, 15) is 0 Å². The van der Waals surface area contributed by atoms with E-state index >= 15 is 0 Å². The lowest BCUT2D eigenvalue weighted by atomic mass is 9.96. The summed E-state index contributed by atoms with van der Waals surface area (Å²) in [6.07, 6.45) is 2.04. The first-order valence-corrected chi connectivity index (χ1v) is 17.0. The van der Waals surface area contributed by atoms with E-state index in [2.05, 4.69) is 185 Å². The highest BCUT2D eigenvalue weighted by atomic mass is 15.1. The third-order valence-corrected chi connectivity index (χ3v) is 9.56. The largest absolute Gasteiger partial charge is 0.385 e. The smallest absolute Gasteiger partial charge is 0.136 e. The van der Waals surface area contributed by atoms with Crippen LogP contribution < -0.4 is 5.73 Å². The lowest BCUT2D eigenvalue weighted by Gasteiger charge is -2.13. The zero-order chi connectivity index (χ0) is 33.4. The monoisotopic (exact) mass is 642 g/mol. The summed E-state index contributed by atoms with van der Waals surface area (Å²) in [5.41, 5.74) is 17.3. The van der Waals surface area contributed by atoms with E-state index in [1.165, 1.54) is 32.7 Å². The zero-order valence-electron chi connectivity index (χ0n) is 27.4. The first-order valence-electron chi connectivity index (χ1n) is 17.0. The Bertz CT molecular complexity index is 2570. The number of hydrogen-bond donors (Lipinski definition) is 1. The summed E-state index contributed by atoms with van der Waals surface area (Å²) in [6, 6.07) is 61.8. The Morgan fingerprint density at radius 1 is 0.440 bits per heavy atom. The van der Waals surface area contributed by atoms with E-state index in [0.717, 1.165) is 44.6 Å². The molecule has 0 saturated heterocycles. The van der Waals surface area contributed by atoms with Gasteiger partial charge in [0, 0.05) is 27.6 Å². The van der Waals surface area contributed by atoms with Crippen molar-refractivity contribution < 1.29 is 0 Å². The molecule has 7 aromatic carbocycles. The van der Waals surface area contributed by atoms with Gasteiger partial charge in [-0.3, -0.25) is 14.1 Å². The van der Waals surface area contributed by atoms with Gasteiger partial charge in [-0.1, -0.05) is 133 Å². The van der Waals surface area contributed by atoms with E-state index in [4.69, 9.17) is 10.7 Å². The third kappa shape index (κ3) is 5.15. The maximum Gasteiger partial charge on any atom is 0.136 e. The average Bonchev–Trinajstić information content (AvgIpc) is 3.70. The summed E-state index contributed by atoms with van der Waals surface area (Å²) >= 11 is 0. The molecule has 9 aromatic rings. The first-order chi connectivity index (χ1) is 24.7. The molecule has 9 rings (SSSR count). The second-order valence-corrected chi connectivity index (χ2v) is 12.6. The number of hydrogen-bond acceptors (Lipinski definition) is 2. The second-order valence-electron chi connectivity index (χ2n) is 12.6. The Morgan fingerprint density at radius 3 is 1.26 bits per heavy atom. The van der Waals surface area contributed by atoms with Gasteiger partial charge in [0.2, 0.25) is 0 Å². The molecule has 0 aliphatic rings. The number of aliphatic imine (C=N–C) groups is 1. The molecule has 0 saturated carbocycles. The fourth-order valence-electron chi connectivity index (χ4n) is 7.30. The Labute approximate surface area is 290 Å². The molecule has 0 aliphatic carbocycles. The van der Waals surface area contributed by atoms with Gasteiger partial charge in [0.1, 0.15) is 11.7 Å². The van der Waals surface area contributed by atoms with E-state index in [-0.39, 0.29) is 0 Å². The van der Waals surface area contributed by atoms with Crippen LogP contribution in [0.4, 0.5) is 0 Å². The van der Waals surface area contributed by atoms with Crippen LogP contribution >= 0.6 is 0 Å². The molecule has 0 bridgehead atoms. The molecular weight excluding hydrogens is 609 g/mol. The van der Waals surface area contributed by atoms with Gasteiger partial charge in [0.15, 0.2) is 0 Å². The van der Waals surface area contributed by atoms with Gasteiger partial charge >= 0.3 is 0 Å². The lowest BCUT2D eigenvalue weighted by molar-refractivity contribution is 1.04. The van der Waals surface area contributed by atoms with Gasteiger partial charge in [-0.25, -0.2) is 0 Å². The molecule has 4 nitrogen and oxygen atoms in total. The number of allylic oxidation sites excluding steroid dienone is 1. The molecule has 0 fully saturated rings. The van der Waals surface area contributed by atoms with Crippen molar-refractivity contribution in [2.75, 3.05) is 0 Å². The Hall–Kier alpha value is -6.65. The average molecular weight is 643 g/mol. The van der Waals surface area contributed by atoms with Gasteiger partial charge in [-0.2, -0.15) is 0 Å². The van der Waals surface area contributed by atoms with Crippen LogP contribution in [0.15, 0.2) is 187 Å². The second kappa shape index (κ2) is 12.4. The number of para-hydroxylation sites is 4. The Balaban J connectivity index is 1.26. The number of nitrogens with zero attached hydrogens (tertiary/aromatic N) is 3. The number of nitrogens with two attached hydrogens (primary N) is 1. The minimum Gasteiger partial charge on any atom is -0.385 e. The summed E-state index contributed by atoms with van der Waals surface area (Å²) < 4.78 is 4.40. The molecule has 2 aromatic heterocycles. The number of aromatic nitrogens is 2. The van der Waals surface area contributed by atoms with E-state index < -0.39 is 0 Å². The summed E-state index contributed by atoms with van der Waals surface area (Å²) in [5, 5.41) is 4.69. The Morgan fingerprint density at radius 2 is 0.820 bits per heavy atom. The van der Waals surface area contributed by atoms with E-state index in [0.29, 0.717) is 12.4 Å². The molecule has 2 N–H and O–H groups in total. The summed E-state index contributed by atoms with van der Waals surface area (Å²) in [6.45, 7) is 0.466. The van der Waals surface area contributed by atoms with Gasteiger partial charge in [-0.15, -0.1) is 0 Å². The van der Waals surface area contributed by atoms with Crippen LogP contribution in [0, 0.1) is 0 Å². The minimum atomic E-state index is 0.466. The maximum atomic E-state index is 7.17. The topological polar surface area (TPSA) is 48.2 Å². The molecule has 50 heavy (non-hydrogen) atoms. The van der Waals surface area contributed by atoms with Gasteiger partial charge in [-0.05, 0) is 70.3 Å². The fourth-order valence-corrected chi connectivity index (χ4v) is 7.30. The number of fused-ring (bicyclic) bond motifs is 6. The summed E-state index contributed by atoms with van der Waals surface area (Å²) in [7, 11) is 0. The minimum absolute atomic E-state index is 0.466. The van der Waals surface area contributed by atoms with Crippen LogP contribution in [0.5, 0.6) is 0 Å². The van der Waals surface area contributed by atoms with Crippen LogP contribution in [-0.4, -0.2) is 15.0 Å². The molecule has 0 amide bonds. The molecule has 0 radical (unpaired) electrons. The molecular formula is C46H34N4. The third-order valence-electron chi connectivity index (χ3n) is 9.56. The van der Waals surface area contributed by atoms with Crippen molar-refractivity contribution in [1.29, 1.82) is 0 Å². The van der Waals surface area contributed by atoms with Crippen molar-refractivity contribution in [2.24, 2.45) is 10.7 Å². The van der Waals surface area contributed by atoms with Crippen molar-refractivity contribution in [1.82, 2.24) is 9.13 Å². The molecule has 4 heteroatoms.